The van der Waals surface area contributed by atoms with Crippen LogP contribution in [0, 0.1) is 6.92 Å². The van der Waals surface area contributed by atoms with E-state index in [2.05, 4.69) is 24.3 Å². The Balaban J connectivity index is 2.42. The van der Waals surface area contributed by atoms with Crippen molar-refractivity contribution in [2.45, 2.75) is 26.8 Å². The third kappa shape index (κ3) is 3.04. The van der Waals surface area contributed by atoms with Crippen molar-refractivity contribution in [3.8, 4) is 11.5 Å². The molecule has 0 bridgehead atoms. The summed E-state index contributed by atoms with van der Waals surface area (Å²) < 4.78 is 12.4. The smallest absolute Gasteiger partial charge is 0.152 e. The van der Waals surface area contributed by atoms with Crippen LogP contribution in [0.4, 0.5) is 17.2 Å². The number of nitrogens with two attached hydrogens (primary N) is 1. The molecule has 2 aromatic rings. The average Bonchev–Trinajstić information content (AvgIpc) is 2.75. The standard InChI is InChI=1S/C15H22N4O2/c1-9(2)19-15(14(16)10(3)18-19)17-11-6-12(20-4)8-13(7-11)21-5/h6-9,17H,16H2,1-5H3. The molecular weight excluding hydrogens is 268 g/mol. The zero-order valence-electron chi connectivity index (χ0n) is 13.1. The van der Waals surface area contributed by atoms with E-state index in [-0.39, 0.29) is 6.04 Å². The highest BCUT2D eigenvalue weighted by molar-refractivity contribution is 5.72. The zero-order chi connectivity index (χ0) is 15.6. The van der Waals surface area contributed by atoms with Gasteiger partial charge in [-0.1, -0.05) is 0 Å². The molecule has 0 aliphatic rings. The second kappa shape index (κ2) is 5.95. The molecule has 1 aromatic heterocycles. The minimum Gasteiger partial charge on any atom is -0.497 e. The number of methoxy groups -OCH3 is 2. The molecular formula is C15H22N4O2. The minimum absolute atomic E-state index is 0.205. The highest BCUT2D eigenvalue weighted by Crippen LogP contribution is 2.32. The van der Waals surface area contributed by atoms with E-state index in [1.54, 1.807) is 14.2 Å². The summed E-state index contributed by atoms with van der Waals surface area (Å²) in [5, 5.41) is 7.77. The number of nitrogens with zero attached hydrogens (tertiary/aromatic N) is 2. The van der Waals surface area contributed by atoms with Crippen molar-refractivity contribution in [3.05, 3.63) is 23.9 Å². The fraction of sp³-hybridized carbons (Fsp3) is 0.400. The van der Waals surface area contributed by atoms with Crippen molar-refractivity contribution in [1.29, 1.82) is 0 Å². The normalized spacial score (nSPS) is 10.8. The molecule has 3 N–H and O–H groups in total. The summed E-state index contributed by atoms with van der Waals surface area (Å²) in [4.78, 5) is 0. The molecule has 0 radical (unpaired) electrons. The topological polar surface area (TPSA) is 74.3 Å². The molecule has 0 amide bonds. The Morgan fingerprint density at radius 3 is 2.19 bits per heavy atom. The zero-order valence-corrected chi connectivity index (χ0v) is 13.1. The van der Waals surface area contributed by atoms with Gasteiger partial charge in [0.1, 0.15) is 11.5 Å². The van der Waals surface area contributed by atoms with E-state index in [4.69, 9.17) is 15.2 Å². The molecule has 6 heteroatoms. The van der Waals surface area contributed by atoms with Crippen LogP contribution >= 0.6 is 0 Å². The largest absolute Gasteiger partial charge is 0.497 e. The molecule has 6 nitrogen and oxygen atoms in total. The third-order valence-electron chi connectivity index (χ3n) is 3.24. The quantitative estimate of drug-likeness (QED) is 0.885. The summed E-state index contributed by atoms with van der Waals surface area (Å²) in [6, 6.07) is 5.79. The maximum Gasteiger partial charge on any atom is 0.152 e. The van der Waals surface area contributed by atoms with Crippen molar-refractivity contribution < 1.29 is 9.47 Å². The number of nitrogens with one attached hydrogen (secondary N) is 1. The van der Waals surface area contributed by atoms with E-state index in [0.29, 0.717) is 17.2 Å². The van der Waals surface area contributed by atoms with E-state index in [1.165, 1.54) is 0 Å². The fourth-order valence-corrected chi connectivity index (χ4v) is 2.07. The Labute approximate surface area is 124 Å². The maximum absolute atomic E-state index is 6.12. The molecule has 1 heterocycles. The summed E-state index contributed by atoms with van der Waals surface area (Å²) in [5.41, 5.74) is 8.41. The minimum atomic E-state index is 0.205. The lowest BCUT2D eigenvalue weighted by molar-refractivity contribution is 0.395. The lowest BCUT2D eigenvalue weighted by Gasteiger charge is -2.15. The van der Waals surface area contributed by atoms with Gasteiger partial charge in [0.05, 0.1) is 25.6 Å². The van der Waals surface area contributed by atoms with E-state index >= 15 is 0 Å². The van der Waals surface area contributed by atoms with Crippen molar-refractivity contribution >= 4 is 17.2 Å². The summed E-state index contributed by atoms with van der Waals surface area (Å²) in [7, 11) is 3.24. The number of ether oxygens (including phenoxy) is 2. The second-order valence-electron chi connectivity index (χ2n) is 5.11. The second-order valence-corrected chi connectivity index (χ2v) is 5.11. The van der Waals surface area contributed by atoms with Gasteiger partial charge in [-0.05, 0) is 20.8 Å². The predicted octanol–water partition coefficient (Wildman–Crippen LogP) is 3.12. The van der Waals surface area contributed by atoms with Crippen LogP contribution in [0.2, 0.25) is 0 Å². The van der Waals surface area contributed by atoms with E-state index < -0.39 is 0 Å². The van der Waals surface area contributed by atoms with Crippen LogP contribution in [0.1, 0.15) is 25.6 Å². The summed E-state index contributed by atoms with van der Waals surface area (Å²) in [6.45, 7) is 6.01. The molecule has 0 unspecified atom stereocenters. The van der Waals surface area contributed by atoms with Gasteiger partial charge in [0, 0.05) is 29.9 Å². The molecule has 0 saturated carbocycles. The monoisotopic (exact) mass is 290 g/mol. The first-order valence-corrected chi connectivity index (χ1v) is 6.81. The first-order valence-electron chi connectivity index (χ1n) is 6.81. The number of rotatable bonds is 5. The summed E-state index contributed by atoms with van der Waals surface area (Å²) in [5.74, 6) is 2.20. The molecule has 0 atom stereocenters. The first kappa shape index (κ1) is 15.0. The summed E-state index contributed by atoms with van der Waals surface area (Å²) in [6.07, 6.45) is 0. The Bertz CT molecular complexity index is 613. The van der Waals surface area contributed by atoms with Gasteiger partial charge >= 0.3 is 0 Å². The lowest BCUT2D eigenvalue weighted by Crippen LogP contribution is -2.08. The van der Waals surface area contributed by atoms with Crippen LogP contribution in [0.3, 0.4) is 0 Å². The highest BCUT2D eigenvalue weighted by atomic mass is 16.5. The Morgan fingerprint density at radius 1 is 1.14 bits per heavy atom. The fourth-order valence-electron chi connectivity index (χ4n) is 2.07. The average molecular weight is 290 g/mol. The third-order valence-corrected chi connectivity index (χ3v) is 3.24. The van der Waals surface area contributed by atoms with Gasteiger partial charge in [0.25, 0.3) is 0 Å². The van der Waals surface area contributed by atoms with Crippen LogP contribution in [-0.2, 0) is 0 Å². The van der Waals surface area contributed by atoms with Gasteiger partial charge in [-0.3, -0.25) is 0 Å². The number of hydrogen-bond acceptors (Lipinski definition) is 5. The van der Waals surface area contributed by atoms with Crippen molar-refractivity contribution in [2.75, 3.05) is 25.3 Å². The Hall–Kier alpha value is -2.37. The number of nitrogen functional groups attached to an aromatic ring is 1. The van der Waals surface area contributed by atoms with Gasteiger partial charge in [0.15, 0.2) is 5.82 Å². The van der Waals surface area contributed by atoms with Gasteiger partial charge in [-0.25, -0.2) is 4.68 Å². The van der Waals surface area contributed by atoms with Gasteiger partial charge < -0.3 is 20.5 Å². The van der Waals surface area contributed by atoms with Crippen LogP contribution in [0.15, 0.2) is 18.2 Å². The van der Waals surface area contributed by atoms with Crippen LogP contribution in [-0.4, -0.2) is 24.0 Å². The molecule has 1 aromatic carbocycles. The Kier molecular flexibility index (Phi) is 4.26. The van der Waals surface area contributed by atoms with Crippen molar-refractivity contribution in [3.63, 3.8) is 0 Å². The number of hydrogen-bond donors (Lipinski definition) is 2. The van der Waals surface area contributed by atoms with E-state index in [9.17, 15) is 0 Å². The highest BCUT2D eigenvalue weighted by Gasteiger charge is 2.15. The van der Waals surface area contributed by atoms with Crippen LogP contribution in [0.25, 0.3) is 0 Å². The SMILES string of the molecule is COc1cc(Nc2c(N)c(C)nn2C(C)C)cc(OC)c1. The lowest BCUT2D eigenvalue weighted by atomic mass is 10.2. The predicted molar refractivity (Wildman–Crippen MR) is 84.6 cm³/mol. The number of benzene rings is 1. The van der Waals surface area contributed by atoms with Gasteiger partial charge in [-0.15, -0.1) is 0 Å². The molecule has 2 rings (SSSR count). The Morgan fingerprint density at radius 2 is 1.71 bits per heavy atom. The molecule has 0 fully saturated rings. The number of anilines is 3. The van der Waals surface area contributed by atoms with Crippen molar-refractivity contribution in [1.82, 2.24) is 9.78 Å². The summed E-state index contributed by atoms with van der Waals surface area (Å²) >= 11 is 0. The molecule has 0 aliphatic heterocycles. The van der Waals surface area contributed by atoms with Gasteiger partial charge in [0.2, 0.25) is 0 Å². The first-order chi connectivity index (χ1) is 9.96. The number of aryl methyl sites for hydroxylation is 1. The number of aromatic nitrogens is 2. The maximum atomic E-state index is 6.12. The molecule has 114 valence electrons. The van der Waals surface area contributed by atoms with E-state index in [0.717, 1.165) is 17.2 Å². The molecule has 21 heavy (non-hydrogen) atoms. The van der Waals surface area contributed by atoms with E-state index in [1.807, 2.05) is 29.8 Å². The molecule has 0 aliphatic carbocycles. The van der Waals surface area contributed by atoms with Crippen LogP contribution in [0.5, 0.6) is 11.5 Å². The molecule has 0 saturated heterocycles. The molecule has 0 spiro atoms. The van der Waals surface area contributed by atoms with Crippen LogP contribution < -0.4 is 20.5 Å². The van der Waals surface area contributed by atoms with Crippen molar-refractivity contribution in [2.24, 2.45) is 0 Å². The van der Waals surface area contributed by atoms with Gasteiger partial charge in [-0.2, -0.15) is 5.10 Å².